The molecular weight excluding hydrogens is 442 g/mol. The van der Waals surface area contributed by atoms with Gasteiger partial charge in [-0.05, 0) is 73.8 Å². The molecule has 1 fully saturated rings. The second-order valence-corrected chi connectivity index (χ2v) is 9.54. The fourth-order valence-corrected chi connectivity index (χ4v) is 4.86. The molecular formula is C28H39N3O4. The summed E-state index contributed by atoms with van der Waals surface area (Å²) in [6.45, 7) is 13.3. The summed E-state index contributed by atoms with van der Waals surface area (Å²) in [5.41, 5.74) is 3.27. The van der Waals surface area contributed by atoms with Gasteiger partial charge in [0.05, 0.1) is 0 Å². The molecule has 0 saturated carbocycles. The van der Waals surface area contributed by atoms with Crippen molar-refractivity contribution in [2.75, 3.05) is 52.7 Å². The summed E-state index contributed by atoms with van der Waals surface area (Å²) in [5, 5.41) is 2.98. The molecule has 0 bridgehead atoms. The van der Waals surface area contributed by atoms with Crippen molar-refractivity contribution in [3.63, 3.8) is 0 Å². The average molecular weight is 482 g/mol. The molecule has 7 nitrogen and oxygen atoms in total. The molecule has 0 aromatic heterocycles. The van der Waals surface area contributed by atoms with Gasteiger partial charge in [-0.2, -0.15) is 0 Å². The fraction of sp³-hybridized carbons (Fsp3) is 0.536. The standard InChI is InChI=1S/C28H39N3O4/c1-4-30(5-2)14-12-29-28(32)19-33-25-10-8-22(23-9-11-26-27(16-23)35-20-34-26)15-24(25)18-31-13-6-7-21(3)17-31/h8-11,15-16,21H,4-7,12-14,17-20H2,1-3H3,(H,29,32)/t21-/m1/s1. The second kappa shape index (κ2) is 12.3. The number of likely N-dealkylation sites (tertiary alicyclic amines) is 1. The van der Waals surface area contributed by atoms with Crippen LogP contribution < -0.4 is 19.5 Å². The van der Waals surface area contributed by atoms with Crippen LogP contribution in [0.1, 0.15) is 39.2 Å². The quantitative estimate of drug-likeness (QED) is 0.520. The van der Waals surface area contributed by atoms with Crippen LogP contribution in [-0.4, -0.2) is 68.4 Å². The Hall–Kier alpha value is -2.77. The van der Waals surface area contributed by atoms with E-state index < -0.39 is 0 Å². The van der Waals surface area contributed by atoms with Gasteiger partial charge < -0.3 is 24.4 Å². The van der Waals surface area contributed by atoms with Crippen LogP contribution in [0, 0.1) is 5.92 Å². The molecule has 1 saturated heterocycles. The fourth-order valence-electron chi connectivity index (χ4n) is 4.86. The minimum Gasteiger partial charge on any atom is -0.483 e. The molecule has 1 atom stereocenters. The summed E-state index contributed by atoms with van der Waals surface area (Å²) in [6, 6.07) is 12.3. The number of likely N-dealkylation sites (N-methyl/N-ethyl adjacent to an activating group) is 1. The van der Waals surface area contributed by atoms with Crippen LogP contribution in [0.5, 0.6) is 17.2 Å². The molecule has 1 amide bonds. The number of nitrogens with one attached hydrogen (secondary N) is 1. The van der Waals surface area contributed by atoms with Gasteiger partial charge in [0.15, 0.2) is 18.1 Å². The molecule has 2 heterocycles. The van der Waals surface area contributed by atoms with Crippen LogP contribution >= 0.6 is 0 Å². The molecule has 2 aliphatic rings. The summed E-state index contributed by atoms with van der Waals surface area (Å²) in [4.78, 5) is 17.2. The first-order chi connectivity index (χ1) is 17.1. The number of nitrogens with zero attached hydrogens (tertiary/aromatic N) is 2. The van der Waals surface area contributed by atoms with E-state index in [1.165, 1.54) is 12.8 Å². The van der Waals surface area contributed by atoms with Crippen molar-refractivity contribution in [1.82, 2.24) is 15.1 Å². The van der Waals surface area contributed by atoms with Crippen LogP contribution in [0.3, 0.4) is 0 Å². The van der Waals surface area contributed by atoms with Crippen molar-refractivity contribution in [3.8, 4) is 28.4 Å². The molecule has 1 N–H and O–H groups in total. The Labute approximate surface area is 209 Å². The van der Waals surface area contributed by atoms with Crippen LogP contribution in [0.2, 0.25) is 0 Å². The molecule has 0 unspecified atom stereocenters. The summed E-state index contributed by atoms with van der Waals surface area (Å²) >= 11 is 0. The monoisotopic (exact) mass is 481 g/mol. The maximum Gasteiger partial charge on any atom is 0.257 e. The first-order valence-electron chi connectivity index (χ1n) is 12.9. The third kappa shape index (κ3) is 6.89. The van der Waals surface area contributed by atoms with Gasteiger partial charge in [-0.15, -0.1) is 0 Å². The van der Waals surface area contributed by atoms with Crippen molar-refractivity contribution in [3.05, 3.63) is 42.0 Å². The number of carbonyl (C=O) groups excluding carboxylic acids is 1. The number of benzene rings is 2. The number of hydrogen-bond donors (Lipinski definition) is 1. The Balaban J connectivity index is 1.45. The van der Waals surface area contributed by atoms with E-state index in [-0.39, 0.29) is 19.3 Å². The Kier molecular flexibility index (Phi) is 8.88. The molecule has 0 spiro atoms. The maximum atomic E-state index is 12.4. The second-order valence-electron chi connectivity index (χ2n) is 9.54. The number of carbonyl (C=O) groups is 1. The van der Waals surface area contributed by atoms with Gasteiger partial charge >= 0.3 is 0 Å². The SMILES string of the molecule is CCN(CC)CCNC(=O)COc1ccc(-c2ccc3c(c2)OCO3)cc1CN1CCC[C@@H](C)C1. The van der Waals surface area contributed by atoms with E-state index in [0.717, 1.165) is 73.2 Å². The molecule has 0 aliphatic carbocycles. The highest BCUT2D eigenvalue weighted by molar-refractivity contribution is 5.77. The lowest BCUT2D eigenvalue weighted by molar-refractivity contribution is -0.123. The third-order valence-corrected chi connectivity index (χ3v) is 6.90. The Morgan fingerprint density at radius 2 is 1.89 bits per heavy atom. The van der Waals surface area contributed by atoms with E-state index in [0.29, 0.717) is 12.5 Å². The number of hydrogen-bond acceptors (Lipinski definition) is 6. The van der Waals surface area contributed by atoms with Crippen molar-refractivity contribution >= 4 is 5.91 Å². The lowest BCUT2D eigenvalue weighted by atomic mass is 9.98. The highest BCUT2D eigenvalue weighted by atomic mass is 16.7. The van der Waals surface area contributed by atoms with Crippen LogP contribution in [-0.2, 0) is 11.3 Å². The number of piperidine rings is 1. The van der Waals surface area contributed by atoms with Gasteiger partial charge in [0.1, 0.15) is 5.75 Å². The van der Waals surface area contributed by atoms with Gasteiger partial charge in [-0.25, -0.2) is 0 Å². The summed E-state index contributed by atoms with van der Waals surface area (Å²) in [5.74, 6) is 2.93. The minimum absolute atomic E-state index is 0.0189. The van der Waals surface area contributed by atoms with Crippen molar-refractivity contribution in [2.24, 2.45) is 5.92 Å². The van der Waals surface area contributed by atoms with Crippen LogP contribution in [0.25, 0.3) is 11.1 Å². The summed E-state index contributed by atoms with van der Waals surface area (Å²) in [6.07, 6.45) is 2.50. The van der Waals surface area contributed by atoms with Gasteiger partial charge in [-0.3, -0.25) is 9.69 Å². The molecule has 7 heteroatoms. The van der Waals surface area contributed by atoms with Crippen molar-refractivity contribution in [2.45, 2.75) is 40.2 Å². The van der Waals surface area contributed by atoms with Gasteiger partial charge in [0.25, 0.3) is 5.91 Å². The summed E-state index contributed by atoms with van der Waals surface area (Å²) < 4.78 is 17.1. The zero-order valence-electron chi connectivity index (χ0n) is 21.3. The van der Waals surface area contributed by atoms with E-state index in [9.17, 15) is 4.79 Å². The first kappa shape index (κ1) is 25.3. The smallest absolute Gasteiger partial charge is 0.257 e. The number of ether oxygens (including phenoxy) is 3. The molecule has 4 rings (SSSR count). The van der Waals surface area contributed by atoms with E-state index in [1.807, 2.05) is 24.3 Å². The highest BCUT2D eigenvalue weighted by Crippen LogP contribution is 2.37. The predicted octanol–water partition coefficient (Wildman–Crippen LogP) is 4.15. The van der Waals surface area contributed by atoms with Crippen molar-refractivity contribution in [1.29, 1.82) is 0 Å². The zero-order valence-corrected chi connectivity index (χ0v) is 21.3. The number of rotatable bonds is 11. The third-order valence-electron chi connectivity index (χ3n) is 6.90. The van der Waals surface area contributed by atoms with E-state index in [2.05, 4.69) is 48.0 Å². The van der Waals surface area contributed by atoms with Crippen LogP contribution in [0.4, 0.5) is 0 Å². The average Bonchev–Trinajstić information content (AvgIpc) is 3.34. The molecule has 190 valence electrons. The van der Waals surface area contributed by atoms with Gasteiger partial charge in [-0.1, -0.05) is 32.9 Å². The molecule has 2 aromatic carbocycles. The van der Waals surface area contributed by atoms with E-state index in [1.54, 1.807) is 0 Å². The molecule has 35 heavy (non-hydrogen) atoms. The lowest BCUT2D eigenvalue weighted by Gasteiger charge is -2.31. The minimum atomic E-state index is -0.0884. The molecule has 2 aliphatic heterocycles. The maximum absolute atomic E-state index is 12.4. The first-order valence-corrected chi connectivity index (χ1v) is 12.9. The van der Waals surface area contributed by atoms with Crippen molar-refractivity contribution < 1.29 is 19.0 Å². The van der Waals surface area contributed by atoms with Crippen LogP contribution in [0.15, 0.2) is 36.4 Å². The summed E-state index contributed by atoms with van der Waals surface area (Å²) in [7, 11) is 0. The highest BCUT2D eigenvalue weighted by Gasteiger charge is 2.20. The molecule has 2 aromatic rings. The van der Waals surface area contributed by atoms with Gasteiger partial charge in [0.2, 0.25) is 6.79 Å². The Bertz CT molecular complexity index is 992. The van der Waals surface area contributed by atoms with Gasteiger partial charge in [0, 0.05) is 31.7 Å². The Morgan fingerprint density at radius 1 is 1.11 bits per heavy atom. The predicted molar refractivity (Wildman–Crippen MR) is 138 cm³/mol. The lowest BCUT2D eigenvalue weighted by Crippen LogP contribution is -2.37. The van der Waals surface area contributed by atoms with E-state index >= 15 is 0 Å². The largest absolute Gasteiger partial charge is 0.483 e. The topological polar surface area (TPSA) is 63.3 Å². The van der Waals surface area contributed by atoms with E-state index in [4.69, 9.17) is 14.2 Å². The normalized spacial score (nSPS) is 17.5. The Morgan fingerprint density at radius 3 is 2.69 bits per heavy atom. The molecule has 0 radical (unpaired) electrons. The number of amides is 1. The number of fused-ring (bicyclic) bond motifs is 1. The zero-order chi connectivity index (χ0) is 24.6.